The van der Waals surface area contributed by atoms with Gasteiger partial charge in [-0.25, -0.2) is 4.79 Å². The number of likely N-dealkylation sites (tertiary alicyclic amines) is 1. The number of hydrogen-bond donors (Lipinski definition) is 1. The first kappa shape index (κ1) is 19.1. The van der Waals surface area contributed by atoms with E-state index in [1.807, 2.05) is 29.2 Å². The van der Waals surface area contributed by atoms with Gasteiger partial charge in [0, 0.05) is 30.7 Å². The zero-order chi connectivity index (χ0) is 19.3. The Balaban J connectivity index is 1.49. The number of amides is 2. The molecular formula is C22H26ClN3O2. The molecule has 0 saturated carbocycles. The van der Waals surface area contributed by atoms with E-state index in [1.54, 1.807) is 0 Å². The molecule has 0 unspecified atom stereocenters. The van der Waals surface area contributed by atoms with Crippen molar-refractivity contribution in [1.29, 1.82) is 0 Å². The lowest BCUT2D eigenvalue weighted by Gasteiger charge is -2.31. The Morgan fingerprint density at radius 3 is 2.68 bits per heavy atom. The van der Waals surface area contributed by atoms with Crippen molar-refractivity contribution in [1.82, 2.24) is 4.90 Å². The molecule has 2 aliphatic heterocycles. The Hall–Kier alpha value is -2.24. The van der Waals surface area contributed by atoms with Gasteiger partial charge in [0.05, 0.1) is 24.6 Å². The number of anilines is 2. The molecule has 28 heavy (non-hydrogen) atoms. The van der Waals surface area contributed by atoms with Crippen molar-refractivity contribution in [3.8, 4) is 0 Å². The second-order valence-corrected chi connectivity index (χ2v) is 7.81. The van der Waals surface area contributed by atoms with E-state index in [0.29, 0.717) is 18.2 Å². The van der Waals surface area contributed by atoms with Crippen LogP contribution in [0.5, 0.6) is 0 Å². The molecule has 0 radical (unpaired) electrons. The smallest absolute Gasteiger partial charge is 0.322 e. The molecule has 2 amide bonds. The van der Waals surface area contributed by atoms with Crippen LogP contribution in [0.2, 0.25) is 5.02 Å². The molecule has 1 N–H and O–H groups in total. The largest absolute Gasteiger partial charge is 0.378 e. The third kappa shape index (κ3) is 4.42. The quantitative estimate of drug-likeness (QED) is 0.827. The minimum atomic E-state index is -0.0461. The van der Waals surface area contributed by atoms with Crippen molar-refractivity contribution in [3.05, 3.63) is 59.1 Å². The Bertz CT molecular complexity index is 809. The van der Waals surface area contributed by atoms with Crippen molar-refractivity contribution in [3.63, 3.8) is 0 Å². The van der Waals surface area contributed by atoms with Gasteiger partial charge in [0.1, 0.15) is 0 Å². The van der Waals surface area contributed by atoms with E-state index in [9.17, 15) is 4.79 Å². The number of benzene rings is 2. The van der Waals surface area contributed by atoms with Gasteiger partial charge in [0.2, 0.25) is 0 Å². The van der Waals surface area contributed by atoms with Gasteiger partial charge in [-0.1, -0.05) is 41.9 Å². The maximum Gasteiger partial charge on any atom is 0.322 e. The van der Waals surface area contributed by atoms with Crippen molar-refractivity contribution in [2.45, 2.75) is 25.3 Å². The predicted octanol–water partition coefficient (Wildman–Crippen LogP) is 4.42. The molecule has 6 heteroatoms. The normalized spacial score (nSPS) is 19.7. The second kappa shape index (κ2) is 8.84. The average Bonchev–Trinajstić information content (AvgIpc) is 3.18. The first-order chi connectivity index (χ1) is 13.7. The molecule has 0 bridgehead atoms. The number of ether oxygens (including phenoxy) is 1. The zero-order valence-corrected chi connectivity index (χ0v) is 16.7. The number of morpholine rings is 1. The molecule has 2 heterocycles. The molecule has 2 aromatic carbocycles. The number of nitrogens with one attached hydrogen (secondary N) is 1. The molecule has 0 aliphatic carbocycles. The summed E-state index contributed by atoms with van der Waals surface area (Å²) in [6.45, 7) is 3.80. The Labute approximate surface area is 171 Å². The maximum atomic E-state index is 13.1. The fourth-order valence-electron chi connectivity index (χ4n) is 4.08. The summed E-state index contributed by atoms with van der Waals surface area (Å²) in [6.07, 6.45) is 2.96. The topological polar surface area (TPSA) is 44.8 Å². The second-order valence-electron chi connectivity index (χ2n) is 7.37. The summed E-state index contributed by atoms with van der Waals surface area (Å²) in [5.41, 5.74) is 3.04. The van der Waals surface area contributed by atoms with Crippen LogP contribution in [0.3, 0.4) is 0 Å². The number of carbonyl (C=O) groups excluding carboxylic acids is 1. The van der Waals surface area contributed by atoms with Crippen LogP contribution in [-0.4, -0.2) is 49.8 Å². The first-order valence-electron chi connectivity index (χ1n) is 9.94. The van der Waals surface area contributed by atoms with Crippen LogP contribution in [-0.2, 0) is 11.2 Å². The van der Waals surface area contributed by atoms with E-state index in [2.05, 4.69) is 34.5 Å². The summed E-state index contributed by atoms with van der Waals surface area (Å²) in [7, 11) is 0. The van der Waals surface area contributed by atoms with Crippen LogP contribution in [0.4, 0.5) is 16.2 Å². The van der Waals surface area contributed by atoms with E-state index in [-0.39, 0.29) is 12.1 Å². The summed E-state index contributed by atoms with van der Waals surface area (Å²) in [5, 5.41) is 3.75. The highest BCUT2D eigenvalue weighted by atomic mass is 35.5. The lowest BCUT2D eigenvalue weighted by atomic mass is 10.0. The minimum Gasteiger partial charge on any atom is -0.378 e. The molecule has 5 nitrogen and oxygen atoms in total. The number of nitrogens with zero attached hydrogens (tertiary/aromatic N) is 2. The van der Waals surface area contributed by atoms with Gasteiger partial charge >= 0.3 is 6.03 Å². The minimum absolute atomic E-state index is 0.0461. The zero-order valence-electron chi connectivity index (χ0n) is 15.9. The van der Waals surface area contributed by atoms with Crippen LogP contribution in [0.25, 0.3) is 0 Å². The highest BCUT2D eigenvalue weighted by Gasteiger charge is 2.29. The monoisotopic (exact) mass is 399 g/mol. The number of halogens is 1. The van der Waals surface area contributed by atoms with Gasteiger partial charge in [-0.15, -0.1) is 0 Å². The Morgan fingerprint density at radius 2 is 1.89 bits per heavy atom. The summed E-state index contributed by atoms with van der Waals surface area (Å²) >= 11 is 6.23. The first-order valence-corrected chi connectivity index (χ1v) is 10.3. The lowest BCUT2D eigenvalue weighted by molar-refractivity contribution is 0.123. The Morgan fingerprint density at radius 1 is 1.11 bits per heavy atom. The van der Waals surface area contributed by atoms with Crippen LogP contribution in [0, 0.1) is 0 Å². The van der Waals surface area contributed by atoms with Crippen LogP contribution in [0.15, 0.2) is 48.5 Å². The van der Waals surface area contributed by atoms with Gasteiger partial charge in [-0.05, 0) is 43.0 Å². The van der Waals surface area contributed by atoms with Gasteiger partial charge in [0.25, 0.3) is 0 Å². The summed E-state index contributed by atoms with van der Waals surface area (Å²) in [5.74, 6) is 0. The number of urea groups is 1. The van der Waals surface area contributed by atoms with Crippen LogP contribution in [0.1, 0.15) is 18.4 Å². The molecule has 2 aromatic rings. The van der Waals surface area contributed by atoms with Crippen molar-refractivity contribution >= 4 is 29.0 Å². The van der Waals surface area contributed by atoms with E-state index in [0.717, 1.165) is 50.3 Å². The summed E-state index contributed by atoms with van der Waals surface area (Å²) < 4.78 is 5.45. The van der Waals surface area contributed by atoms with E-state index in [1.165, 1.54) is 5.56 Å². The standard InChI is InChI=1S/C22H26ClN3O2/c23-18-8-9-21(25-11-13-28-14-12-25)20(16-18)24-22(27)26-10-4-7-19(26)15-17-5-2-1-3-6-17/h1-3,5-6,8-9,16,19H,4,7,10-15H2,(H,24,27)/t19-/m0/s1. The van der Waals surface area contributed by atoms with Crippen molar-refractivity contribution < 1.29 is 9.53 Å². The average molecular weight is 400 g/mol. The lowest BCUT2D eigenvalue weighted by Crippen LogP contribution is -2.41. The molecule has 0 spiro atoms. The molecule has 148 valence electrons. The molecule has 1 atom stereocenters. The highest BCUT2D eigenvalue weighted by molar-refractivity contribution is 6.31. The van der Waals surface area contributed by atoms with Crippen LogP contribution >= 0.6 is 11.6 Å². The summed E-state index contributed by atoms with van der Waals surface area (Å²) in [4.78, 5) is 17.3. The fraction of sp³-hybridized carbons (Fsp3) is 0.409. The van der Waals surface area contributed by atoms with Crippen LogP contribution < -0.4 is 10.2 Å². The molecule has 2 saturated heterocycles. The molecule has 0 aromatic heterocycles. The summed E-state index contributed by atoms with van der Waals surface area (Å²) in [6, 6.07) is 16.3. The maximum absolute atomic E-state index is 13.1. The van der Waals surface area contributed by atoms with Crippen molar-refractivity contribution in [2.75, 3.05) is 43.1 Å². The third-order valence-electron chi connectivity index (χ3n) is 5.50. The van der Waals surface area contributed by atoms with E-state index >= 15 is 0 Å². The van der Waals surface area contributed by atoms with Gasteiger partial charge in [0.15, 0.2) is 0 Å². The number of carbonyl (C=O) groups is 1. The number of hydrogen-bond acceptors (Lipinski definition) is 3. The Kier molecular flexibility index (Phi) is 6.03. The van der Waals surface area contributed by atoms with Gasteiger partial charge in [-0.2, -0.15) is 0 Å². The van der Waals surface area contributed by atoms with Crippen molar-refractivity contribution in [2.24, 2.45) is 0 Å². The van der Waals surface area contributed by atoms with E-state index < -0.39 is 0 Å². The molecule has 4 rings (SSSR count). The molecule has 2 aliphatic rings. The third-order valence-corrected chi connectivity index (χ3v) is 5.74. The van der Waals surface area contributed by atoms with Gasteiger partial charge < -0.3 is 19.9 Å². The fourth-order valence-corrected chi connectivity index (χ4v) is 4.25. The van der Waals surface area contributed by atoms with E-state index in [4.69, 9.17) is 16.3 Å². The molecular weight excluding hydrogens is 374 g/mol. The van der Waals surface area contributed by atoms with Gasteiger partial charge in [-0.3, -0.25) is 0 Å². The highest BCUT2D eigenvalue weighted by Crippen LogP contribution is 2.31. The predicted molar refractivity (Wildman–Crippen MR) is 113 cm³/mol. The SMILES string of the molecule is O=C(Nc1cc(Cl)ccc1N1CCOCC1)N1CCC[C@H]1Cc1ccccc1. The molecule has 2 fully saturated rings. The number of rotatable bonds is 4.